The predicted molar refractivity (Wildman–Crippen MR) is 58.9 cm³/mol. The standard InChI is InChI=1S/C11H14O8/c1-18-10(16)5-3-4(8(12)13)6(9(14)15)7(5)11(17)19-2/h4-7H,3H2,1-2H3,(H,12,13)(H,14,15)/p+1. The van der Waals surface area contributed by atoms with Crippen LogP contribution in [0.25, 0.3) is 0 Å². The Morgan fingerprint density at radius 3 is 1.89 bits per heavy atom. The minimum Gasteiger partial charge on any atom is -0.565 e. The molecule has 4 atom stereocenters. The number of ether oxygens (including phenoxy) is 2. The van der Waals surface area contributed by atoms with Crippen LogP contribution in [0, 0.1) is 23.7 Å². The molecule has 0 bridgehead atoms. The lowest BCUT2D eigenvalue weighted by Crippen LogP contribution is -2.36. The van der Waals surface area contributed by atoms with Crippen LogP contribution in [0.15, 0.2) is 0 Å². The van der Waals surface area contributed by atoms with Gasteiger partial charge in [-0.25, -0.2) is 0 Å². The van der Waals surface area contributed by atoms with E-state index in [-0.39, 0.29) is 6.42 Å². The Labute approximate surface area is 108 Å². The second-order valence-electron chi connectivity index (χ2n) is 4.25. The van der Waals surface area contributed by atoms with Crippen LogP contribution in [-0.4, -0.2) is 48.3 Å². The van der Waals surface area contributed by atoms with Crippen LogP contribution in [0.3, 0.4) is 0 Å². The van der Waals surface area contributed by atoms with Crippen molar-refractivity contribution in [3.8, 4) is 0 Å². The molecule has 0 aliphatic heterocycles. The summed E-state index contributed by atoms with van der Waals surface area (Å²) in [6, 6.07) is 0. The molecule has 106 valence electrons. The van der Waals surface area contributed by atoms with E-state index in [1.54, 1.807) is 0 Å². The van der Waals surface area contributed by atoms with Crippen molar-refractivity contribution in [2.45, 2.75) is 6.42 Å². The molecule has 1 aliphatic rings. The lowest BCUT2D eigenvalue weighted by molar-refractivity contribution is -0.163. The zero-order valence-corrected chi connectivity index (χ0v) is 10.4. The van der Waals surface area contributed by atoms with Crippen LogP contribution in [0.5, 0.6) is 0 Å². The van der Waals surface area contributed by atoms with Crippen molar-refractivity contribution in [2.75, 3.05) is 14.2 Å². The van der Waals surface area contributed by atoms with Gasteiger partial charge in [0.25, 0.3) is 0 Å². The van der Waals surface area contributed by atoms with E-state index in [0.717, 1.165) is 14.2 Å². The van der Waals surface area contributed by atoms with Crippen molar-refractivity contribution in [3.63, 3.8) is 0 Å². The van der Waals surface area contributed by atoms with Crippen LogP contribution in [0.4, 0.5) is 0 Å². The van der Waals surface area contributed by atoms with Gasteiger partial charge < -0.3 is 19.7 Å². The number of esters is 2. The molecule has 1 aliphatic carbocycles. The van der Waals surface area contributed by atoms with Crippen LogP contribution in [-0.2, 0) is 28.7 Å². The third-order valence-corrected chi connectivity index (χ3v) is 3.36. The van der Waals surface area contributed by atoms with Crippen LogP contribution in [0.2, 0.25) is 0 Å². The monoisotopic (exact) mass is 275 g/mol. The number of carboxylic acids is 1. The summed E-state index contributed by atoms with van der Waals surface area (Å²) in [6.07, 6.45) is -0.203. The lowest BCUT2D eigenvalue weighted by atomic mass is 9.87. The fraction of sp³-hybridized carbons (Fsp3) is 0.636. The van der Waals surface area contributed by atoms with Crippen molar-refractivity contribution in [3.05, 3.63) is 0 Å². The molecule has 19 heavy (non-hydrogen) atoms. The Morgan fingerprint density at radius 2 is 1.53 bits per heavy atom. The SMILES string of the molecule is COC(=O)C1CC(C(=O)[OH2+])C(C(=O)O)C1C(=O)OC. The maximum atomic E-state index is 11.7. The van der Waals surface area contributed by atoms with Gasteiger partial charge >= 0.3 is 23.9 Å². The number of carbonyl (C=O) groups is 4. The summed E-state index contributed by atoms with van der Waals surface area (Å²) in [5, 5.41) is 16.2. The van der Waals surface area contributed by atoms with E-state index in [1.807, 2.05) is 0 Å². The maximum absolute atomic E-state index is 11.7. The summed E-state index contributed by atoms with van der Waals surface area (Å²) in [5.41, 5.74) is 0. The zero-order valence-electron chi connectivity index (χ0n) is 10.4. The summed E-state index contributed by atoms with van der Waals surface area (Å²) in [7, 11) is 2.16. The second kappa shape index (κ2) is 5.68. The van der Waals surface area contributed by atoms with Crippen LogP contribution >= 0.6 is 0 Å². The Balaban J connectivity index is 3.20. The number of methoxy groups -OCH3 is 2. The smallest absolute Gasteiger partial charge is 0.519 e. The van der Waals surface area contributed by atoms with Gasteiger partial charge in [-0.3, -0.25) is 14.4 Å². The highest BCUT2D eigenvalue weighted by atomic mass is 16.5. The second-order valence-corrected chi connectivity index (χ2v) is 4.25. The van der Waals surface area contributed by atoms with E-state index < -0.39 is 47.5 Å². The summed E-state index contributed by atoms with van der Waals surface area (Å²) in [5.74, 6) is -9.27. The van der Waals surface area contributed by atoms with E-state index in [1.165, 1.54) is 0 Å². The molecule has 1 saturated carbocycles. The van der Waals surface area contributed by atoms with Crippen molar-refractivity contribution in [1.29, 1.82) is 0 Å². The van der Waals surface area contributed by atoms with Gasteiger partial charge in [0.2, 0.25) is 0 Å². The van der Waals surface area contributed by atoms with Gasteiger partial charge in [0.15, 0.2) is 0 Å². The molecule has 0 aromatic heterocycles. The Morgan fingerprint density at radius 1 is 1.00 bits per heavy atom. The average molecular weight is 275 g/mol. The number of hydrogen-bond acceptors (Lipinski definition) is 6. The normalized spacial score (nSPS) is 29.6. The van der Waals surface area contributed by atoms with E-state index in [4.69, 9.17) is 10.2 Å². The van der Waals surface area contributed by atoms with Gasteiger partial charge in [-0.15, -0.1) is 0 Å². The van der Waals surface area contributed by atoms with Crippen LogP contribution in [0.1, 0.15) is 6.42 Å². The van der Waals surface area contributed by atoms with Gasteiger partial charge in [-0.05, 0) is 6.42 Å². The minimum absolute atomic E-state index is 0.203. The molecule has 8 heteroatoms. The zero-order chi connectivity index (χ0) is 14.7. The van der Waals surface area contributed by atoms with Crippen molar-refractivity contribution >= 4 is 23.9 Å². The van der Waals surface area contributed by atoms with E-state index in [2.05, 4.69) is 9.47 Å². The molecule has 0 amide bonds. The van der Waals surface area contributed by atoms with E-state index in [9.17, 15) is 19.2 Å². The van der Waals surface area contributed by atoms with Crippen molar-refractivity contribution in [2.24, 2.45) is 23.7 Å². The highest BCUT2D eigenvalue weighted by Gasteiger charge is 2.59. The molecule has 0 spiro atoms. The largest absolute Gasteiger partial charge is 0.565 e. The molecule has 0 heterocycles. The molecule has 0 aromatic rings. The molecule has 3 N–H and O–H groups in total. The molecule has 1 fully saturated rings. The number of rotatable bonds is 4. The lowest BCUT2D eigenvalue weighted by Gasteiger charge is -2.18. The molecular weight excluding hydrogens is 260 g/mol. The molecular formula is C11H15O8+. The number of aliphatic carboxylic acids is 1. The first-order valence-corrected chi connectivity index (χ1v) is 5.49. The van der Waals surface area contributed by atoms with Gasteiger partial charge in [0.05, 0.1) is 32.0 Å². The van der Waals surface area contributed by atoms with E-state index >= 15 is 0 Å². The molecule has 1 rings (SSSR count). The van der Waals surface area contributed by atoms with Gasteiger partial charge in [-0.2, -0.15) is 0 Å². The molecule has 0 saturated heterocycles. The average Bonchev–Trinajstić information content (AvgIpc) is 2.77. The third kappa shape index (κ3) is 2.67. The number of hydrogen-bond donors (Lipinski definition) is 1. The maximum Gasteiger partial charge on any atom is 0.519 e. The Bertz CT molecular complexity index is 415. The fourth-order valence-electron chi connectivity index (χ4n) is 2.50. The van der Waals surface area contributed by atoms with Crippen molar-refractivity contribution < 1.29 is 38.9 Å². The highest BCUT2D eigenvalue weighted by Crippen LogP contribution is 2.43. The molecule has 0 aromatic carbocycles. The van der Waals surface area contributed by atoms with Gasteiger partial charge in [-0.1, -0.05) is 0 Å². The third-order valence-electron chi connectivity index (χ3n) is 3.36. The van der Waals surface area contributed by atoms with E-state index in [0.29, 0.717) is 0 Å². The summed E-state index contributed by atoms with van der Waals surface area (Å²) in [4.78, 5) is 45.6. The first kappa shape index (κ1) is 14.9. The Hall–Kier alpha value is -2.12. The molecule has 0 radical (unpaired) electrons. The predicted octanol–water partition coefficient (Wildman–Crippen LogP) is -1.46. The summed E-state index contributed by atoms with van der Waals surface area (Å²) in [6.45, 7) is 0. The van der Waals surface area contributed by atoms with Gasteiger partial charge in [0, 0.05) is 4.79 Å². The van der Waals surface area contributed by atoms with Crippen LogP contribution < -0.4 is 0 Å². The number of carbonyl (C=O) groups excluding carboxylic acids is 3. The Kier molecular flexibility index (Phi) is 4.47. The molecule has 4 unspecified atom stereocenters. The number of carboxylic acid groups (broad SMARTS) is 1. The summed E-state index contributed by atoms with van der Waals surface area (Å²) < 4.78 is 8.99. The highest BCUT2D eigenvalue weighted by molar-refractivity contribution is 5.91. The molecule has 8 nitrogen and oxygen atoms in total. The fourth-order valence-corrected chi connectivity index (χ4v) is 2.50. The topological polar surface area (TPSA) is 130 Å². The van der Waals surface area contributed by atoms with Gasteiger partial charge in [0.1, 0.15) is 5.92 Å². The first-order chi connectivity index (χ1) is 8.84. The van der Waals surface area contributed by atoms with Crippen molar-refractivity contribution in [1.82, 2.24) is 0 Å². The summed E-state index contributed by atoms with van der Waals surface area (Å²) >= 11 is 0. The minimum atomic E-state index is -1.44. The first-order valence-electron chi connectivity index (χ1n) is 5.49. The quantitative estimate of drug-likeness (QED) is 0.490.